The Morgan fingerprint density at radius 1 is 1.30 bits per heavy atom. The lowest BCUT2D eigenvalue weighted by molar-refractivity contribution is -0.117. The van der Waals surface area contributed by atoms with Crippen molar-refractivity contribution in [2.75, 3.05) is 0 Å². The SMILES string of the molecule is CCC(C)n1ccc(CC(=O)Cc2ccccc2Br)n1. The lowest BCUT2D eigenvalue weighted by Crippen LogP contribution is -2.09. The van der Waals surface area contributed by atoms with Crippen molar-refractivity contribution in [1.82, 2.24) is 9.78 Å². The van der Waals surface area contributed by atoms with Gasteiger partial charge in [-0.2, -0.15) is 5.10 Å². The van der Waals surface area contributed by atoms with Crippen LogP contribution in [0, 0.1) is 0 Å². The molecule has 1 unspecified atom stereocenters. The van der Waals surface area contributed by atoms with E-state index in [1.807, 2.05) is 41.2 Å². The Balaban J connectivity index is 1.98. The molecule has 0 saturated heterocycles. The summed E-state index contributed by atoms with van der Waals surface area (Å²) in [5, 5.41) is 4.47. The molecule has 3 nitrogen and oxygen atoms in total. The van der Waals surface area contributed by atoms with Gasteiger partial charge in [0.05, 0.1) is 12.1 Å². The Morgan fingerprint density at radius 2 is 2.05 bits per heavy atom. The second-order valence-corrected chi connectivity index (χ2v) is 5.88. The highest BCUT2D eigenvalue weighted by atomic mass is 79.9. The average Bonchev–Trinajstić information content (AvgIpc) is 2.89. The van der Waals surface area contributed by atoms with Crippen LogP contribution in [0.25, 0.3) is 0 Å². The van der Waals surface area contributed by atoms with Gasteiger partial charge in [0.2, 0.25) is 0 Å². The number of carbonyl (C=O) groups is 1. The van der Waals surface area contributed by atoms with Crippen LogP contribution in [0.3, 0.4) is 0 Å². The molecule has 2 rings (SSSR count). The number of aromatic nitrogens is 2. The molecule has 4 heteroatoms. The lowest BCUT2D eigenvalue weighted by Gasteiger charge is -2.08. The molecule has 0 aliphatic heterocycles. The highest BCUT2D eigenvalue weighted by Crippen LogP contribution is 2.17. The second kappa shape index (κ2) is 6.84. The number of hydrogen-bond donors (Lipinski definition) is 0. The molecular formula is C16H19BrN2O. The molecule has 0 radical (unpaired) electrons. The third kappa shape index (κ3) is 3.79. The minimum Gasteiger partial charge on any atom is -0.299 e. The Labute approximate surface area is 128 Å². The van der Waals surface area contributed by atoms with Gasteiger partial charge in [-0.15, -0.1) is 0 Å². The fourth-order valence-corrected chi connectivity index (χ4v) is 2.45. The van der Waals surface area contributed by atoms with Gasteiger partial charge in [-0.1, -0.05) is 41.1 Å². The van der Waals surface area contributed by atoms with Crippen LogP contribution in [0.1, 0.15) is 37.6 Å². The van der Waals surface area contributed by atoms with E-state index < -0.39 is 0 Å². The number of hydrogen-bond acceptors (Lipinski definition) is 2. The van der Waals surface area contributed by atoms with E-state index in [0.29, 0.717) is 18.9 Å². The van der Waals surface area contributed by atoms with E-state index in [0.717, 1.165) is 22.2 Å². The van der Waals surface area contributed by atoms with E-state index in [2.05, 4.69) is 34.9 Å². The van der Waals surface area contributed by atoms with Gasteiger partial charge in [0.15, 0.2) is 0 Å². The van der Waals surface area contributed by atoms with E-state index >= 15 is 0 Å². The van der Waals surface area contributed by atoms with E-state index in [-0.39, 0.29) is 5.78 Å². The van der Waals surface area contributed by atoms with E-state index in [9.17, 15) is 4.79 Å². The number of Topliss-reactive ketones (excluding diaryl/α,β-unsaturated/α-hetero) is 1. The maximum Gasteiger partial charge on any atom is 0.143 e. The first-order chi connectivity index (χ1) is 9.60. The molecule has 1 heterocycles. The molecule has 0 aliphatic carbocycles. The van der Waals surface area contributed by atoms with Crippen molar-refractivity contribution in [3.63, 3.8) is 0 Å². The van der Waals surface area contributed by atoms with Crippen molar-refractivity contribution in [3.8, 4) is 0 Å². The monoisotopic (exact) mass is 334 g/mol. The third-order valence-electron chi connectivity index (χ3n) is 3.43. The molecule has 0 fully saturated rings. The molecule has 1 aromatic heterocycles. The van der Waals surface area contributed by atoms with Crippen LogP contribution in [0.5, 0.6) is 0 Å². The maximum atomic E-state index is 12.1. The Bertz CT molecular complexity index is 592. The van der Waals surface area contributed by atoms with E-state index in [4.69, 9.17) is 0 Å². The van der Waals surface area contributed by atoms with Gasteiger partial charge in [0, 0.05) is 23.1 Å². The summed E-state index contributed by atoms with van der Waals surface area (Å²) in [4.78, 5) is 12.1. The first-order valence-electron chi connectivity index (χ1n) is 6.89. The van der Waals surface area contributed by atoms with Gasteiger partial charge in [-0.3, -0.25) is 9.48 Å². The normalized spacial score (nSPS) is 12.3. The molecule has 106 valence electrons. The molecule has 0 N–H and O–H groups in total. The topological polar surface area (TPSA) is 34.9 Å². The van der Waals surface area contributed by atoms with E-state index in [1.165, 1.54) is 0 Å². The minimum atomic E-state index is 0.186. The largest absolute Gasteiger partial charge is 0.299 e. The Hall–Kier alpha value is -1.42. The van der Waals surface area contributed by atoms with Gasteiger partial charge in [0.25, 0.3) is 0 Å². The van der Waals surface area contributed by atoms with Gasteiger partial charge in [-0.25, -0.2) is 0 Å². The van der Waals surface area contributed by atoms with Gasteiger partial charge in [-0.05, 0) is 31.0 Å². The summed E-state index contributed by atoms with van der Waals surface area (Å²) < 4.78 is 2.92. The van der Waals surface area contributed by atoms with Crippen molar-refractivity contribution in [2.24, 2.45) is 0 Å². The zero-order valence-electron chi connectivity index (χ0n) is 11.8. The number of benzene rings is 1. The maximum absolute atomic E-state index is 12.1. The molecule has 0 bridgehead atoms. The van der Waals surface area contributed by atoms with Crippen molar-refractivity contribution in [2.45, 2.75) is 39.2 Å². The predicted octanol–water partition coefficient (Wildman–Crippen LogP) is 3.97. The van der Waals surface area contributed by atoms with Crippen LogP contribution in [0.4, 0.5) is 0 Å². The van der Waals surface area contributed by atoms with Crippen LogP contribution < -0.4 is 0 Å². The van der Waals surface area contributed by atoms with Crippen molar-refractivity contribution in [3.05, 3.63) is 52.3 Å². The summed E-state index contributed by atoms with van der Waals surface area (Å²) in [6.07, 6.45) is 3.82. The van der Waals surface area contributed by atoms with Crippen molar-refractivity contribution >= 4 is 21.7 Å². The first kappa shape index (κ1) is 15.0. The molecule has 1 atom stereocenters. The number of halogens is 1. The molecule has 0 amide bonds. The fourth-order valence-electron chi connectivity index (χ4n) is 2.02. The molecule has 2 aromatic rings. The third-order valence-corrected chi connectivity index (χ3v) is 4.20. The molecular weight excluding hydrogens is 316 g/mol. The summed E-state index contributed by atoms with van der Waals surface area (Å²) in [5.74, 6) is 0.186. The summed E-state index contributed by atoms with van der Waals surface area (Å²) in [6, 6.07) is 10.1. The standard InChI is InChI=1S/C16H19BrN2O/c1-3-12(2)19-9-8-14(18-19)11-15(20)10-13-6-4-5-7-16(13)17/h4-9,12H,3,10-11H2,1-2H3. The molecule has 1 aromatic carbocycles. The lowest BCUT2D eigenvalue weighted by atomic mass is 10.1. The van der Waals surface area contributed by atoms with Gasteiger partial charge < -0.3 is 0 Å². The number of nitrogens with zero attached hydrogens (tertiary/aromatic N) is 2. The van der Waals surface area contributed by atoms with Crippen LogP contribution in [0.15, 0.2) is 41.0 Å². The first-order valence-corrected chi connectivity index (χ1v) is 7.68. The van der Waals surface area contributed by atoms with Crippen LogP contribution >= 0.6 is 15.9 Å². The van der Waals surface area contributed by atoms with Crippen LogP contribution in [-0.2, 0) is 17.6 Å². The summed E-state index contributed by atoms with van der Waals surface area (Å²) in [6.45, 7) is 4.25. The smallest absolute Gasteiger partial charge is 0.143 e. The summed E-state index contributed by atoms with van der Waals surface area (Å²) in [5.41, 5.74) is 1.88. The zero-order valence-corrected chi connectivity index (χ0v) is 13.4. The second-order valence-electron chi connectivity index (χ2n) is 5.03. The predicted molar refractivity (Wildman–Crippen MR) is 83.8 cm³/mol. The molecule has 0 aliphatic rings. The number of ketones is 1. The van der Waals surface area contributed by atoms with Crippen molar-refractivity contribution < 1.29 is 4.79 Å². The molecule has 20 heavy (non-hydrogen) atoms. The van der Waals surface area contributed by atoms with Crippen molar-refractivity contribution in [1.29, 1.82) is 0 Å². The van der Waals surface area contributed by atoms with Crippen LogP contribution in [-0.4, -0.2) is 15.6 Å². The zero-order chi connectivity index (χ0) is 14.5. The van der Waals surface area contributed by atoms with Gasteiger partial charge >= 0.3 is 0 Å². The summed E-state index contributed by atoms with van der Waals surface area (Å²) >= 11 is 3.47. The quantitative estimate of drug-likeness (QED) is 0.801. The average molecular weight is 335 g/mol. The molecule has 0 spiro atoms. The van der Waals surface area contributed by atoms with Gasteiger partial charge in [0.1, 0.15) is 5.78 Å². The Kier molecular flexibility index (Phi) is 5.12. The molecule has 0 saturated carbocycles. The summed E-state index contributed by atoms with van der Waals surface area (Å²) in [7, 11) is 0. The Morgan fingerprint density at radius 3 is 2.75 bits per heavy atom. The number of rotatable bonds is 6. The van der Waals surface area contributed by atoms with Crippen LogP contribution in [0.2, 0.25) is 0 Å². The van der Waals surface area contributed by atoms with E-state index in [1.54, 1.807) is 0 Å². The number of carbonyl (C=O) groups excluding carboxylic acids is 1. The highest BCUT2D eigenvalue weighted by Gasteiger charge is 2.11. The highest BCUT2D eigenvalue weighted by molar-refractivity contribution is 9.10. The minimum absolute atomic E-state index is 0.186. The fraction of sp³-hybridized carbons (Fsp3) is 0.375.